The smallest absolute Gasteiger partial charge is 0.247 e. The highest BCUT2D eigenvalue weighted by molar-refractivity contribution is 7.09. The zero-order chi connectivity index (χ0) is 26.1. The molecule has 3 N–H and O–H groups in total. The number of rotatable bonds is 4. The minimum atomic E-state index is -0.362. The van der Waals surface area contributed by atoms with E-state index in [0.29, 0.717) is 29.3 Å². The third-order valence-corrected chi connectivity index (χ3v) is 6.60. The Hall–Kier alpha value is -3.40. The van der Waals surface area contributed by atoms with E-state index in [9.17, 15) is 9.90 Å². The fourth-order valence-electron chi connectivity index (χ4n) is 3.64. The lowest BCUT2D eigenvalue weighted by Gasteiger charge is -2.16. The first-order valence-electron chi connectivity index (χ1n) is 11.8. The molecule has 0 aliphatic carbocycles. The molecular formula is C27H33N5O3S. The molecule has 4 aromatic rings. The van der Waals surface area contributed by atoms with E-state index in [2.05, 4.69) is 58.5 Å². The van der Waals surface area contributed by atoms with E-state index in [0.717, 1.165) is 5.69 Å². The van der Waals surface area contributed by atoms with E-state index in [1.165, 1.54) is 42.1 Å². The molecule has 3 heterocycles. The van der Waals surface area contributed by atoms with Crippen molar-refractivity contribution in [2.75, 3.05) is 13.6 Å². The molecule has 1 saturated heterocycles. The van der Waals surface area contributed by atoms with Crippen LogP contribution in [0.4, 0.5) is 0 Å². The molecule has 0 bridgehead atoms. The van der Waals surface area contributed by atoms with Crippen molar-refractivity contribution < 1.29 is 14.3 Å². The van der Waals surface area contributed by atoms with Crippen LogP contribution in [0, 0.1) is 13.8 Å². The van der Waals surface area contributed by atoms with Crippen LogP contribution in [0.3, 0.4) is 0 Å². The second-order valence-corrected chi connectivity index (χ2v) is 9.68. The lowest BCUT2D eigenvalue weighted by atomic mass is 10.1. The second-order valence-electron chi connectivity index (χ2n) is 8.79. The van der Waals surface area contributed by atoms with Gasteiger partial charge in [0.2, 0.25) is 11.8 Å². The van der Waals surface area contributed by atoms with Gasteiger partial charge in [0.15, 0.2) is 0 Å². The highest BCUT2D eigenvalue weighted by atomic mass is 32.1. The average Bonchev–Trinajstić information content (AvgIpc) is 3.61. The molecule has 5 rings (SSSR count). The van der Waals surface area contributed by atoms with Crippen molar-refractivity contribution in [1.82, 2.24) is 20.1 Å². The van der Waals surface area contributed by atoms with E-state index in [1.54, 1.807) is 24.3 Å². The van der Waals surface area contributed by atoms with Gasteiger partial charge in [0.05, 0.1) is 12.1 Å². The standard InChI is InChI=1S/C11H11N3O3.C9H14N2S.C7H8/c1-6(12)10-13-14-11(17-10)8-2-7(5-15)3-9(16)4-8;1-7-6-12-9(10-7)8-4-3-5-11(8)2;1-7-5-3-2-4-6-7/h2-6,16H,12H2,1H3;6,8H,3-5H2,1-2H3;2-6H,1H3/t6-;8-;/m01./s1. The maximum Gasteiger partial charge on any atom is 0.247 e. The van der Waals surface area contributed by atoms with Gasteiger partial charge in [-0.15, -0.1) is 21.5 Å². The Morgan fingerprint density at radius 1 is 1.19 bits per heavy atom. The fourth-order valence-corrected chi connectivity index (χ4v) is 4.64. The number of nitrogens with zero attached hydrogens (tertiary/aromatic N) is 4. The number of phenols is 1. The summed E-state index contributed by atoms with van der Waals surface area (Å²) < 4.78 is 5.31. The average molecular weight is 508 g/mol. The van der Waals surface area contributed by atoms with Gasteiger partial charge >= 0.3 is 0 Å². The molecule has 1 aliphatic rings. The zero-order valence-corrected chi connectivity index (χ0v) is 21.9. The number of hydrogen-bond acceptors (Lipinski definition) is 9. The molecule has 0 unspecified atom stereocenters. The van der Waals surface area contributed by atoms with Crippen LogP contribution in [0.15, 0.2) is 58.3 Å². The number of likely N-dealkylation sites (tertiary alicyclic amines) is 1. The molecule has 0 radical (unpaired) electrons. The fraction of sp³-hybridized carbons (Fsp3) is 0.333. The minimum absolute atomic E-state index is 0.0369. The molecule has 8 nitrogen and oxygen atoms in total. The number of carbonyl (C=O) groups excluding carboxylic acids is 1. The van der Waals surface area contributed by atoms with Gasteiger partial charge in [-0.3, -0.25) is 9.69 Å². The second kappa shape index (κ2) is 13.1. The number of benzene rings is 2. The first-order valence-corrected chi connectivity index (χ1v) is 12.7. The number of nitrogens with two attached hydrogens (primary N) is 1. The number of thiazole rings is 1. The van der Waals surface area contributed by atoms with Crippen LogP contribution in [0.2, 0.25) is 0 Å². The summed E-state index contributed by atoms with van der Waals surface area (Å²) in [4.78, 5) is 17.6. The Bertz CT molecular complexity index is 1240. The summed E-state index contributed by atoms with van der Waals surface area (Å²) >= 11 is 1.80. The Morgan fingerprint density at radius 3 is 2.44 bits per heavy atom. The van der Waals surface area contributed by atoms with Gasteiger partial charge in [0, 0.05) is 22.2 Å². The maximum atomic E-state index is 10.7. The quantitative estimate of drug-likeness (QED) is 0.348. The van der Waals surface area contributed by atoms with Gasteiger partial charge in [-0.05, 0) is 65.4 Å². The summed E-state index contributed by atoms with van der Waals surface area (Å²) in [6, 6.07) is 14.8. The van der Waals surface area contributed by atoms with Crippen molar-refractivity contribution in [3.63, 3.8) is 0 Å². The molecule has 2 aromatic carbocycles. The highest BCUT2D eigenvalue weighted by Crippen LogP contribution is 2.32. The largest absolute Gasteiger partial charge is 0.508 e. The summed E-state index contributed by atoms with van der Waals surface area (Å²) in [5.41, 5.74) is 8.89. The SMILES string of the molecule is C[C@H](N)c1nnc(-c2cc(O)cc(C=O)c2)o1.Cc1ccccc1.Cc1csc([C@H]2CCCN2C)n1. The number of aldehydes is 1. The van der Waals surface area contributed by atoms with Gasteiger partial charge < -0.3 is 15.3 Å². The number of phenolic OH excluding ortho intramolecular Hbond substituents is 1. The number of aryl methyl sites for hydroxylation is 2. The van der Waals surface area contributed by atoms with Crippen molar-refractivity contribution in [2.24, 2.45) is 5.73 Å². The van der Waals surface area contributed by atoms with Crippen LogP contribution in [-0.4, -0.2) is 45.1 Å². The maximum absolute atomic E-state index is 10.7. The molecule has 36 heavy (non-hydrogen) atoms. The molecular weight excluding hydrogens is 474 g/mol. The Kier molecular flexibility index (Phi) is 9.86. The van der Waals surface area contributed by atoms with Gasteiger partial charge in [-0.25, -0.2) is 4.98 Å². The summed E-state index contributed by atoms with van der Waals surface area (Å²) in [7, 11) is 2.19. The van der Waals surface area contributed by atoms with Crippen molar-refractivity contribution in [2.45, 2.75) is 45.7 Å². The molecule has 0 amide bonds. The van der Waals surface area contributed by atoms with Crippen LogP contribution >= 0.6 is 11.3 Å². The van der Waals surface area contributed by atoms with Crippen molar-refractivity contribution in [3.8, 4) is 17.2 Å². The lowest BCUT2D eigenvalue weighted by molar-refractivity contribution is 0.112. The Morgan fingerprint density at radius 2 is 1.94 bits per heavy atom. The van der Waals surface area contributed by atoms with Crippen LogP contribution in [0.1, 0.15) is 64.4 Å². The molecule has 1 aliphatic heterocycles. The van der Waals surface area contributed by atoms with E-state index in [1.807, 2.05) is 18.2 Å². The van der Waals surface area contributed by atoms with Gasteiger partial charge in [0.1, 0.15) is 17.0 Å². The van der Waals surface area contributed by atoms with Crippen LogP contribution in [-0.2, 0) is 0 Å². The molecule has 0 saturated carbocycles. The van der Waals surface area contributed by atoms with E-state index < -0.39 is 0 Å². The van der Waals surface area contributed by atoms with E-state index >= 15 is 0 Å². The third kappa shape index (κ3) is 7.81. The van der Waals surface area contributed by atoms with Gasteiger partial charge in [-0.2, -0.15) is 0 Å². The molecule has 2 aromatic heterocycles. The summed E-state index contributed by atoms with van der Waals surface area (Å²) in [5, 5.41) is 20.4. The predicted octanol–water partition coefficient (Wildman–Crippen LogP) is 5.49. The highest BCUT2D eigenvalue weighted by Gasteiger charge is 2.24. The Balaban J connectivity index is 0.000000164. The number of aromatic nitrogens is 3. The van der Waals surface area contributed by atoms with Crippen LogP contribution in [0.5, 0.6) is 5.75 Å². The zero-order valence-electron chi connectivity index (χ0n) is 21.1. The lowest BCUT2D eigenvalue weighted by Crippen LogP contribution is -2.17. The predicted molar refractivity (Wildman–Crippen MR) is 142 cm³/mol. The number of aromatic hydroxyl groups is 1. The topological polar surface area (TPSA) is 118 Å². The number of carbonyl (C=O) groups is 1. The molecule has 2 atom stereocenters. The summed E-state index contributed by atoms with van der Waals surface area (Å²) in [5.74, 6) is 0.484. The molecule has 0 spiro atoms. The van der Waals surface area contributed by atoms with Crippen molar-refractivity contribution in [1.29, 1.82) is 0 Å². The minimum Gasteiger partial charge on any atom is -0.508 e. The first-order chi connectivity index (χ1) is 17.3. The normalized spacial score (nSPS) is 15.9. The molecule has 1 fully saturated rings. The monoisotopic (exact) mass is 507 g/mol. The van der Waals surface area contributed by atoms with Crippen LogP contribution < -0.4 is 5.73 Å². The molecule has 9 heteroatoms. The number of hydrogen-bond donors (Lipinski definition) is 2. The first kappa shape index (κ1) is 27.2. The van der Waals surface area contributed by atoms with Gasteiger partial charge in [0.25, 0.3) is 0 Å². The summed E-state index contributed by atoms with van der Waals surface area (Å²) in [6.45, 7) is 7.09. The van der Waals surface area contributed by atoms with Crippen molar-refractivity contribution >= 4 is 17.6 Å². The third-order valence-electron chi connectivity index (χ3n) is 5.54. The van der Waals surface area contributed by atoms with Gasteiger partial charge in [-0.1, -0.05) is 35.9 Å². The van der Waals surface area contributed by atoms with E-state index in [4.69, 9.17) is 10.2 Å². The summed E-state index contributed by atoms with van der Waals surface area (Å²) in [6.07, 6.45) is 3.23. The molecule has 190 valence electrons. The van der Waals surface area contributed by atoms with E-state index in [-0.39, 0.29) is 17.7 Å². The van der Waals surface area contributed by atoms with Crippen LogP contribution in [0.25, 0.3) is 11.5 Å². The Labute approximate surface area is 215 Å². The van der Waals surface area contributed by atoms with Crippen molar-refractivity contribution in [3.05, 3.63) is 81.6 Å².